The van der Waals surface area contributed by atoms with Crippen molar-refractivity contribution < 1.29 is 24.2 Å². The van der Waals surface area contributed by atoms with E-state index in [1.54, 1.807) is 34.6 Å². The molecular formula is C17H32N2O5. The first kappa shape index (κ1) is 22.2. The number of ether oxygens (including phenoxy) is 1. The lowest BCUT2D eigenvalue weighted by atomic mass is 9.96. The molecule has 0 saturated heterocycles. The van der Waals surface area contributed by atoms with Gasteiger partial charge in [0.1, 0.15) is 17.7 Å². The fourth-order valence-corrected chi connectivity index (χ4v) is 2.37. The van der Waals surface area contributed by atoms with Crippen LogP contribution in [0.4, 0.5) is 4.79 Å². The van der Waals surface area contributed by atoms with Gasteiger partial charge < -0.3 is 20.1 Å². The van der Waals surface area contributed by atoms with Gasteiger partial charge in [0.2, 0.25) is 5.91 Å². The van der Waals surface area contributed by atoms with Gasteiger partial charge in [-0.05, 0) is 32.6 Å². The molecule has 0 saturated carbocycles. The van der Waals surface area contributed by atoms with Gasteiger partial charge in [0.05, 0.1) is 0 Å². The van der Waals surface area contributed by atoms with Crippen molar-refractivity contribution in [3.63, 3.8) is 0 Å². The lowest BCUT2D eigenvalue weighted by molar-refractivity contribution is -0.152. The van der Waals surface area contributed by atoms with E-state index in [1.165, 1.54) is 11.9 Å². The molecule has 0 aromatic rings. The van der Waals surface area contributed by atoms with Crippen molar-refractivity contribution in [2.24, 2.45) is 11.8 Å². The van der Waals surface area contributed by atoms with E-state index in [9.17, 15) is 19.5 Å². The van der Waals surface area contributed by atoms with E-state index in [2.05, 4.69) is 5.32 Å². The van der Waals surface area contributed by atoms with Crippen molar-refractivity contribution in [1.82, 2.24) is 10.2 Å². The quantitative estimate of drug-likeness (QED) is 0.740. The molecule has 0 aromatic heterocycles. The number of nitrogens with one attached hydrogen (secondary N) is 1. The Morgan fingerprint density at radius 2 is 1.67 bits per heavy atom. The number of aliphatic carboxylic acids is 1. The number of carbonyl (C=O) groups excluding carboxylic acids is 2. The Balaban J connectivity index is 5.34. The van der Waals surface area contributed by atoms with Gasteiger partial charge in [0, 0.05) is 7.05 Å². The van der Waals surface area contributed by atoms with E-state index in [0.717, 1.165) is 0 Å². The zero-order valence-electron chi connectivity index (χ0n) is 16.0. The first-order valence-electron chi connectivity index (χ1n) is 8.30. The summed E-state index contributed by atoms with van der Waals surface area (Å²) in [5.41, 5.74) is -0.680. The first-order valence-corrected chi connectivity index (χ1v) is 8.30. The van der Waals surface area contributed by atoms with Crippen molar-refractivity contribution in [2.75, 3.05) is 7.05 Å². The highest BCUT2D eigenvalue weighted by molar-refractivity contribution is 5.89. The van der Waals surface area contributed by atoms with Gasteiger partial charge in [0.15, 0.2) is 0 Å². The minimum Gasteiger partial charge on any atom is -0.480 e. The van der Waals surface area contributed by atoms with E-state index in [4.69, 9.17) is 4.74 Å². The largest absolute Gasteiger partial charge is 0.480 e. The van der Waals surface area contributed by atoms with E-state index in [1.807, 2.05) is 13.8 Å². The molecule has 7 nitrogen and oxygen atoms in total. The molecule has 0 radical (unpaired) electrons. The van der Waals surface area contributed by atoms with Crippen molar-refractivity contribution in [3.8, 4) is 0 Å². The Kier molecular flexibility index (Phi) is 8.23. The summed E-state index contributed by atoms with van der Waals surface area (Å²) >= 11 is 0. The Morgan fingerprint density at radius 1 is 1.17 bits per heavy atom. The lowest BCUT2D eigenvalue weighted by Gasteiger charge is -2.33. The second kappa shape index (κ2) is 8.89. The van der Waals surface area contributed by atoms with Crippen molar-refractivity contribution in [3.05, 3.63) is 0 Å². The molecular weight excluding hydrogens is 312 g/mol. The molecule has 3 atom stereocenters. The van der Waals surface area contributed by atoms with Crippen LogP contribution in [0.15, 0.2) is 0 Å². The fraction of sp³-hybridized carbons (Fsp3) is 0.824. The molecule has 0 fully saturated rings. The topological polar surface area (TPSA) is 95.9 Å². The summed E-state index contributed by atoms with van der Waals surface area (Å²) in [5.74, 6) is -1.91. The van der Waals surface area contributed by atoms with Gasteiger partial charge in [-0.2, -0.15) is 0 Å². The van der Waals surface area contributed by atoms with Gasteiger partial charge in [-0.25, -0.2) is 9.59 Å². The number of carboxylic acid groups (broad SMARTS) is 1. The number of likely N-dealkylation sites (N-methyl/N-ethyl adjacent to an activating group) is 1. The highest BCUT2D eigenvalue weighted by Gasteiger charge is 2.36. The van der Waals surface area contributed by atoms with E-state index < -0.39 is 35.7 Å². The van der Waals surface area contributed by atoms with Crippen LogP contribution in [0.3, 0.4) is 0 Å². The lowest BCUT2D eigenvalue weighted by Crippen LogP contribution is -2.56. The Bertz CT molecular complexity index is 456. The van der Waals surface area contributed by atoms with Crippen LogP contribution < -0.4 is 5.32 Å². The van der Waals surface area contributed by atoms with Gasteiger partial charge in [-0.3, -0.25) is 4.79 Å². The third kappa shape index (κ3) is 6.76. The maximum Gasteiger partial charge on any atom is 0.408 e. The predicted octanol–water partition coefficient (Wildman–Crippen LogP) is 2.49. The fourth-order valence-electron chi connectivity index (χ4n) is 2.37. The van der Waals surface area contributed by atoms with Crippen molar-refractivity contribution in [2.45, 2.75) is 72.6 Å². The van der Waals surface area contributed by atoms with Gasteiger partial charge >= 0.3 is 12.1 Å². The van der Waals surface area contributed by atoms with Crippen LogP contribution in [-0.2, 0) is 14.3 Å². The van der Waals surface area contributed by atoms with Crippen molar-refractivity contribution in [1.29, 1.82) is 0 Å². The molecule has 0 rings (SSSR count). The molecule has 24 heavy (non-hydrogen) atoms. The molecule has 0 aliphatic carbocycles. The third-order valence-electron chi connectivity index (χ3n) is 3.80. The molecule has 0 aliphatic heterocycles. The zero-order valence-corrected chi connectivity index (χ0v) is 16.0. The number of carbonyl (C=O) groups is 3. The van der Waals surface area contributed by atoms with Gasteiger partial charge in [-0.15, -0.1) is 0 Å². The van der Waals surface area contributed by atoms with Gasteiger partial charge in [-0.1, -0.05) is 34.1 Å². The minimum atomic E-state index is -1.07. The molecule has 0 aliphatic rings. The minimum absolute atomic E-state index is 0.158. The van der Waals surface area contributed by atoms with E-state index in [0.29, 0.717) is 6.42 Å². The van der Waals surface area contributed by atoms with Gasteiger partial charge in [0.25, 0.3) is 0 Å². The smallest absolute Gasteiger partial charge is 0.408 e. The van der Waals surface area contributed by atoms with Crippen molar-refractivity contribution >= 4 is 18.0 Å². The normalized spacial score (nSPS) is 15.4. The second-order valence-electron chi connectivity index (χ2n) is 7.49. The number of hydrogen-bond donors (Lipinski definition) is 2. The third-order valence-corrected chi connectivity index (χ3v) is 3.80. The molecule has 7 heteroatoms. The Labute approximate surface area is 144 Å². The van der Waals surface area contributed by atoms with Crippen LogP contribution >= 0.6 is 0 Å². The molecule has 0 unspecified atom stereocenters. The standard InChI is InChI=1S/C17H32N2O5/c1-9-11(4)12(18-16(23)24-17(5,6)7)14(20)19(8)13(10(2)3)15(21)22/h10-13H,9H2,1-8H3,(H,18,23)(H,21,22)/t11-,12+,13+/m1/s1. The van der Waals surface area contributed by atoms with Crippen LogP contribution in [0, 0.1) is 11.8 Å². The highest BCUT2D eigenvalue weighted by atomic mass is 16.6. The average Bonchev–Trinajstić information content (AvgIpc) is 2.40. The summed E-state index contributed by atoms with van der Waals surface area (Å²) in [6.07, 6.45) is -0.0367. The number of carboxylic acids is 1. The second-order valence-corrected chi connectivity index (χ2v) is 7.49. The monoisotopic (exact) mass is 344 g/mol. The summed E-state index contributed by atoms with van der Waals surface area (Å²) < 4.78 is 5.21. The Morgan fingerprint density at radius 3 is 2.00 bits per heavy atom. The van der Waals surface area contributed by atoms with Crippen LogP contribution in [0.25, 0.3) is 0 Å². The molecule has 140 valence electrons. The SMILES string of the molecule is CC[C@@H](C)[C@H](NC(=O)OC(C)(C)C)C(=O)N(C)[C@H](C(=O)O)C(C)C. The molecule has 2 amide bonds. The first-order chi connectivity index (χ1) is 10.8. The number of amides is 2. The maximum atomic E-state index is 12.8. The summed E-state index contributed by atoms with van der Waals surface area (Å²) in [7, 11) is 1.45. The van der Waals surface area contributed by atoms with E-state index >= 15 is 0 Å². The molecule has 2 N–H and O–H groups in total. The highest BCUT2D eigenvalue weighted by Crippen LogP contribution is 2.17. The van der Waals surface area contributed by atoms with E-state index in [-0.39, 0.29) is 11.8 Å². The molecule has 0 spiro atoms. The summed E-state index contributed by atoms with van der Waals surface area (Å²) in [4.78, 5) is 37.5. The zero-order chi connectivity index (χ0) is 19.2. The summed E-state index contributed by atoms with van der Waals surface area (Å²) in [6.45, 7) is 12.4. The van der Waals surface area contributed by atoms with Crippen LogP contribution in [-0.4, -0.2) is 52.7 Å². The average molecular weight is 344 g/mol. The predicted molar refractivity (Wildman–Crippen MR) is 91.6 cm³/mol. The molecule has 0 bridgehead atoms. The number of hydrogen-bond acceptors (Lipinski definition) is 4. The Hall–Kier alpha value is -1.79. The number of alkyl carbamates (subject to hydrolysis) is 1. The van der Waals surface area contributed by atoms with Crippen LogP contribution in [0.1, 0.15) is 54.9 Å². The number of nitrogens with zero attached hydrogens (tertiary/aromatic N) is 1. The molecule has 0 heterocycles. The van der Waals surface area contributed by atoms with Crippen LogP contribution in [0.5, 0.6) is 0 Å². The number of rotatable bonds is 7. The summed E-state index contributed by atoms with van der Waals surface area (Å²) in [6, 6.07) is -1.79. The molecule has 0 aromatic carbocycles. The maximum absolute atomic E-state index is 12.8. The summed E-state index contributed by atoms with van der Waals surface area (Å²) in [5, 5.41) is 12.0. The van der Waals surface area contributed by atoms with Crippen LogP contribution in [0.2, 0.25) is 0 Å².